The summed E-state index contributed by atoms with van der Waals surface area (Å²) in [5, 5.41) is 9.28. The van der Waals surface area contributed by atoms with Gasteiger partial charge in [-0.15, -0.1) is 11.6 Å². The second-order valence-electron chi connectivity index (χ2n) is 7.93. The monoisotopic (exact) mass is 517 g/mol. The van der Waals surface area contributed by atoms with Crippen molar-refractivity contribution in [2.75, 3.05) is 0 Å². The van der Waals surface area contributed by atoms with E-state index in [1.54, 1.807) is 0 Å². The normalized spacial score (nSPS) is 23.7. The number of carboxylic acids is 1. The van der Waals surface area contributed by atoms with Crippen LogP contribution >= 0.6 is 39.1 Å². The zero-order valence-corrected chi connectivity index (χ0v) is 20.4. The van der Waals surface area contributed by atoms with E-state index in [9.17, 15) is 4.79 Å². The van der Waals surface area contributed by atoms with Gasteiger partial charge < -0.3 is 9.84 Å². The van der Waals surface area contributed by atoms with E-state index in [0.717, 1.165) is 43.4 Å². The number of aliphatic carboxylic acids is 1. The molecule has 0 aromatic carbocycles. The van der Waals surface area contributed by atoms with Gasteiger partial charge in [-0.25, -0.2) is 4.98 Å². The van der Waals surface area contributed by atoms with Gasteiger partial charge in [0, 0.05) is 16.6 Å². The number of unbranched alkanes of at least 4 members (excludes halogenated alkanes) is 1. The largest absolute Gasteiger partial charge is 0.493 e. The molecule has 2 rings (SSSR count). The number of hydrogen-bond donors (Lipinski definition) is 1. The Bertz CT molecular complexity index is 756. The van der Waals surface area contributed by atoms with Gasteiger partial charge in [0.25, 0.3) is 0 Å². The third-order valence-electron chi connectivity index (χ3n) is 5.39. The van der Waals surface area contributed by atoms with Crippen molar-refractivity contribution in [1.29, 1.82) is 0 Å². The zero-order valence-electron chi connectivity index (χ0n) is 17.3. The number of pyridine rings is 1. The van der Waals surface area contributed by atoms with E-state index in [1.165, 1.54) is 0 Å². The van der Waals surface area contributed by atoms with Crippen LogP contribution in [0.5, 0.6) is 0 Å². The van der Waals surface area contributed by atoms with E-state index < -0.39 is 5.97 Å². The highest BCUT2D eigenvalue weighted by Crippen LogP contribution is 2.44. The molecule has 1 saturated carbocycles. The zero-order chi connectivity index (χ0) is 22.1. The maximum absolute atomic E-state index is 10.6. The molecular weight excluding hydrogens is 489 g/mol. The van der Waals surface area contributed by atoms with E-state index in [0.29, 0.717) is 40.6 Å². The predicted molar refractivity (Wildman–Crippen MR) is 126 cm³/mol. The first-order chi connectivity index (χ1) is 14.3. The van der Waals surface area contributed by atoms with Crippen molar-refractivity contribution in [1.82, 2.24) is 4.98 Å². The summed E-state index contributed by atoms with van der Waals surface area (Å²) in [6.07, 6.45) is 9.87. The number of nitrogens with zero attached hydrogens (tertiary/aromatic N) is 1. The lowest BCUT2D eigenvalue weighted by atomic mass is 9.87. The lowest BCUT2D eigenvalue weighted by Crippen LogP contribution is -2.18. The van der Waals surface area contributed by atoms with Gasteiger partial charge in [0.05, 0.1) is 11.5 Å². The van der Waals surface area contributed by atoms with Crippen molar-refractivity contribution < 1.29 is 14.6 Å². The fourth-order valence-corrected chi connectivity index (χ4v) is 5.46. The maximum atomic E-state index is 10.6. The van der Waals surface area contributed by atoms with Gasteiger partial charge in [-0.05, 0) is 75.0 Å². The Labute approximate surface area is 197 Å². The third kappa shape index (κ3) is 8.60. The average molecular weight is 519 g/mol. The molecule has 1 aromatic heterocycles. The fourth-order valence-electron chi connectivity index (χ4n) is 3.91. The van der Waals surface area contributed by atoms with Crippen LogP contribution in [0.4, 0.5) is 0 Å². The summed E-state index contributed by atoms with van der Waals surface area (Å²) in [5.74, 6) is 0.825. The van der Waals surface area contributed by atoms with Crippen molar-refractivity contribution >= 4 is 45.1 Å². The van der Waals surface area contributed by atoms with Crippen LogP contribution in [0, 0.1) is 11.8 Å². The van der Waals surface area contributed by atoms with Gasteiger partial charge in [-0.3, -0.25) is 4.79 Å². The molecule has 1 aliphatic rings. The van der Waals surface area contributed by atoms with Crippen molar-refractivity contribution in [3.63, 3.8) is 0 Å². The molecule has 1 fully saturated rings. The quantitative estimate of drug-likeness (QED) is 0.107. The molecule has 7 heteroatoms. The molecule has 0 radical (unpaired) electrons. The number of aromatic nitrogens is 1. The smallest absolute Gasteiger partial charge is 0.303 e. The van der Waals surface area contributed by atoms with Crippen molar-refractivity contribution in [2.45, 2.75) is 68.7 Å². The third-order valence-corrected chi connectivity index (χ3v) is 7.46. The maximum Gasteiger partial charge on any atom is 0.303 e. The Hall–Kier alpha value is -1.04. The summed E-state index contributed by atoms with van der Waals surface area (Å²) >= 11 is 16.7. The minimum Gasteiger partial charge on any atom is -0.493 e. The summed E-state index contributed by atoms with van der Waals surface area (Å²) in [6.45, 7) is 5.92. The first kappa shape index (κ1) is 25.2. The number of halogens is 3. The van der Waals surface area contributed by atoms with Gasteiger partial charge in [0.15, 0.2) is 0 Å². The van der Waals surface area contributed by atoms with E-state index in [-0.39, 0.29) is 11.8 Å². The lowest BCUT2D eigenvalue weighted by molar-refractivity contribution is -0.137. The highest BCUT2D eigenvalue weighted by Gasteiger charge is 2.39. The molecule has 0 spiro atoms. The molecule has 1 N–H and O–H groups in total. The van der Waals surface area contributed by atoms with Gasteiger partial charge in [-0.1, -0.05) is 46.3 Å². The Morgan fingerprint density at radius 3 is 2.90 bits per heavy atom. The summed E-state index contributed by atoms with van der Waals surface area (Å²) in [4.78, 5) is 15.2. The number of rotatable bonds is 12. The van der Waals surface area contributed by atoms with E-state index in [1.807, 2.05) is 19.1 Å². The van der Waals surface area contributed by atoms with Gasteiger partial charge in [-0.2, -0.15) is 0 Å². The summed E-state index contributed by atoms with van der Waals surface area (Å²) in [5.41, 5.74) is 1.94. The summed E-state index contributed by atoms with van der Waals surface area (Å²) < 4.78 is 5.47. The van der Waals surface area contributed by atoms with Crippen LogP contribution in [0.25, 0.3) is 0 Å². The molecule has 2 unspecified atom stereocenters. The molecule has 1 aliphatic carbocycles. The van der Waals surface area contributed by atoms with Crippen LogP contribution in [0.2, 0.25) is 5.15 Å². The number of carboxylic acid groups (broad SMARTS) is 1. The van der Waals surface area contributed by atoms with Crippen LogP contribution in [-0.4, -0.2) is 26.3 Å². The minimum atomic E-state index is -0.739. The van der Waals surface area contributed by atoms with Gasteiger partial charge in [0.1, 0.15) is 11.8 Å². The van der Waals surface area contributed by atoms with E-state index in [4.69, 9.17) is 33.0 Å². The van der Waals surface area contributed by atoms with E-state index in [2.05, 4.69) is 39.6 Å². The van der Waals surface area contributed by atoms with Crippen molar-refractivity contribution in [2.24, 2.45) is 11.8 Å². The van der Waals surface area contributed by atoms with Crippen molar-refractivity contribution in [3.8, 4) is 0 Å². The Kier molecular flexibility index (Phi) is 10.7. The van der Waals surface area contributed by atoms with Crippen LogP contribution in [0.3, 0.4) is 0 Å². The lowest BCUT2D eigenvalue weighted by Gasteiger charge is -2.21. The van der Waals surface area contributed by atoms with Crippen LogP contribution < -0.4 is 0 Å². The Morgan fingerprint density at radius 2 is 2.20 bits per heavy atom. The molecule has 30 heavy (non-hydrogen) atoms. The van der Waals surface area contributed by atoms with Crippen LogP contribution in [0.15, 0.2) is 36.6 Å². The number of alkyl halides is 2. The molecule has 1 aromatic rings. The second-order valence-corrected chi connectivity index (χ2v) is 10.00. The highest BCUT2D eigenvalue weighted by molar-refractivity contribution is 9.09. The fraction of sp³-hybridized carbons (Fsp3) is 0.565. The minimum absolute atomic E-state index is 0.0962. The molecule has 0 bridgehead atoms. The first-order valence-corrected chi connectivity index (χ1v) is 12.1. The molecule has 4 nitrogen and oxygen atoms in total. The molecule has 0 aliphatic heterocycles. The Balaban J connectivity index is 1.92. The molecule has 4 atom stereocenters. The predicted octanol–water partition coefficient (Wildman–Crippen LogP) is 6.93. The molecule has 0 amide bonds. The number of carbonyl (C=O) groups is 1. The van der Waals surface area contributed by atoms with Gasteiger partial charge in [0.2, 0.25) is 0 Å². The number of hydrogen-bond acceptors (Lipinski definition) is 3. The van der Waals surface area contributed by atoms with Crippen LogP contribution in [0.1, 0.15) is 56.7 Å². The summed E-state index contributed by atoms with van der Waals surface area (Å²) in [7, 11) is 0. The average Bonchev–Trinajstić information content (AvgIpc) is 2.94. The second kappa shape index (κ2) is 12.7. The first-order valence-electron chi connectivity index (χ1n) is 10.3. The van der Waals surface area contributed by atoms with Crippen LogP contribution in [-0.2, 0) is 22.6 Å². The molecule has 166 valence electrons. The number of aryl methyl sites for hydroxylation is 1. The number of allylic oxidation sites excluding steroid dienone is 3. The molecular formula is C23H30BrCl2NO3. The SMILES string of the molecule is C=C(C)OCc1cc(CC[C@H]2C(Cl)C(Br)C[C@@H]2C/C=C\CCCC(=O)O)cc(Cl)n1. The number of ether oxygens (including phenoxy) is 1. The standard InChI is InChI=1S/C23H30BrCl2NO3/c1-15(2)30-14-18-11-16(12-21(25)27-18)9-10-19-17(13-20(24)23(19)26)7-5-3-4-6-8-22(28)29/h3,5,11-12,17,19-20,23H,1,4,6-10,13-14H2,2H3,(H,28,29)/b5-3-/t17-,19+,20?,23?/m0/s1. The topological polar surface area (TPSA) is 59.4 Å². The Morgan fingerprint density at radius 1 is 1.43 bits per heavy atom. The molecule has 0 saturated heterocycles. The van der Waals surface area contributed by atoms with E-state index >= 15 is 0 Å². The van der Waals surface area contributed by atoms with Crippen molar-refractivity contribution in [3.05, 3.63) is 53.0 Å². The molecule has 1 heterocycles. The van der Waals surface area contributed by atoms with Gasteiger partial charge >= 0.3 is 5.97 Å². The summed E-state index contributed by atoms with van der Waals surface area (Å²) in [6, 6.07) is 3.95. The highest BCUT2D eigenvalue weighted by atomic mass is 79.9.